The van der Waals surface area contributed by atoms with Crippen LogP contribution in [0.2, 0.25) is 0 Å². The summed E-state index contributed by atoms with van der Waals surface area (Å²) in [5, 5.41) is 6.33. The van der Waals surface area contributed by atoms with Crippen LogP contribution in [0.5, 0.6) is 0 Å². The molecule has 1 aromatic heterocycles. The Hall–Kier alpha value is -2.32. The fourth-order valence-corrected chi connectivity index (χ4v) is 2.77. The van der Waals surface area contributed by atoms with E-state index < -0.39 is 11.6 Å². The van der Waals surface area contributed by atoms with Gasteiger partial charge in [-0.05, 0) is 18.6 Å². The minimum Gasteiger partial charge on any atom is -0.375 e. The standard InChI is InChI=1S/C16H18F2N4O2/c17-12-3-1-4-13(18)14(12)15-11(8-20-21-15)16(23)22-5-2-6-24-10(7-19)9-22/h1,3-4,8,10H,2,5-7,9,19H2,(H,20,21). The molecule has 24 heavy (non-hydrogen) atoms. The van der Waals surface area contributed by atoms with E-state index >= 15 is 0 Å². The van der Waals surface area contributed by atoms with Gasteiger partial charge in [0.05, 0.1) is 29.1 Å². The Morgan fingerprint density at radius 1 is 1.42 bits per heavy atom. The van der Waals surface area contributed by atoms with Crippen LogP contribution in [0.25, 0.3) is 11.3 Å². The van der Waals surface area contributed by atoms with E-state index in [1.54, 1.807) is 4.90 Å². The topological polar surface area (TPSA) is 84.2 Å². The van der Waals surface area contributed by atoms with Crippen molar-refractivity contribution < 1.29 is 18.3 Å². The molecule has 0 spiro atoms. The lowest BCUT2D eigenvalue weighted by molar-refractivity contribution is 0.0520. The predicted octanol–water partition coefficient (Wildman–Crippen LogP) is 1.54. The van der Waals surface area contributed by atoms with E-state index in [1.165, 1.54) is 12.3 Å². The number of amides is 1. The summed E-state index contributed by atoms with van der Waals surface area (Å²) in [6.07, 6.45) is 1.70. The molecule has 3 N–H and O–H groups in total. The van der Waals surface area contributed by atoms with Gasteiger partial charge < -0.3 is 15.4 Å². The number of halogens is 2. The van der Waals surface area contributed by atoms with Gasteiger partial charge in [-0.15, -0.1) is 0 Å². The summed E-state index contributed by atoms with van der Waals surface area (Å²) in [5.41, 5.74) is 5.50. The van der Waals surface area contributed by atoms with Gasteiger partial charge in [0.15, 0.2) is 0 Å². The second kappa shape index (κ2) is 7.06. The van der Waals surface area contributed by atoms with Crippen molar-refractivity contribution in [1.29, 1.82) is 0 Å². The lowest BCUT2D eigenvalue weighted by Crippen LogP contribution is -2.39. The SMILES string of the molecule is NCC1CN(C(=O)c2cn[nH]c2-c2c(F)cccc2F)CCCO1. The number of ether oxygens (including phenoxy) is 1. The highest BCUT2D eigenvalue weighted by atomic mass is 19.1. The highest BCUT2D eigenvalue weighted by Crippen LogP contribution is 2.28. The molecule has 1 aliphatic rings. The van der Waals surface area contributed by atoms with E-state index in [2.05, 4.69) is 10.2 Å². The number of nitrogens with one attached hydrogen (secondary N) is 1. The van der Waals surface area contributed by atoms with Gasteiger partial charge in [-0.2, -0.15) is 5.10 Å². The summed E-state index contributed by atoms with van der Waals surface area (Å²) in [6, 6.07) is 3.54. The van der Waals surface area contributed by atoms with Gasteiger partial charge in [-0.25, -0.2) is 8.78 Å². The third-order valence-electron chi connectivity index (χ3n) is 3.98. The van der Waals surface area contributed by atoms with Crippen molar-refractivity contribution in [1.82, 2.24) is 15.1 Å². The summed E-state index contributed by atoms with van der Waals surface area (Å²) in [4.78, 5) is 14.4. The molecule has 0 bridgehead atoms. The Kier molecular flexibility index (Phi) is 4.86. The highest BCUT2D eigenvalue weighted by molar-refractivity contribution is 5.99. The molecule has 1 aliphatic heterocycles. The van der Waals surface area contributed by atoms with E-state index in [9.17, 15) is 13.6 Å². The lowest BCUT2D eigenvalue weighted by Gasteiger charge is -2.23. The summed E-state index contributed by atoms with van der Waals surface area (Å²) < 4.78 is 33.6. The van der Waals surface area contributed by atoms with Crippen LogP contribution in [0.3, 0.4) is 0 Å². The van der Waals surface area contributed by atoms with Crippen LogP contribution in [-0.2, 0) is 4.74 Å². The molecule has 2 aromatic rings. The smallest absolute Gasteiger partial charge is 0.257 e. The zero-order chi connectivity index (χ0) is 17.1. The van der Waals surface area contributed by atoms with Crippen LogP contribution in [-0.4, -0.2) is 53.3 Å². The predicted molar refractivity (Wildman–Crippen MR) is 83.3 cm³/mol. The van der Waals surface area contributed by atoms with Crippen molar-refractivity contribution in [3.63, 3.8) is 0 Å². The van der Waals surface area contributed by atoms with E-state index in [-0.39, 0.29) is 28.8 Å². The number of aromatic nitrogens is 2. The fourth-order valence-electron chi connectivity index (χ4n) is 2.77. The van der Waals surface area contributed by atoms with Gasteiger partial charge in [0.25, 0.3) is 5.91 Å². The van der Waals surface area contributed by atoms with Crippen molar-refractivity contribution in [3.8, 4) is 11.3 Å². The van der Waals surface area contributed by atoms with Crippen molar-refractivity contribution >= 4 is 5.91 Å². The Morgan fingerprint density at radius 2 is 2.17 bits per heavy atom. The largest absolute Gasteiger partial charge is 0.375 e. The van der Waals surface area contributed by atoms with Gasteiger partial charge >= 0.3 is 0 Å². The van der Waals surface area contributed by atoms with Gasteiger partial charge in [0.1, 0.15) is 11.6 Å². The molecule has 1 amide bonds. The van der Waals surface area contributed by atoms with Gasteiger partial charge in [0, 0.05) is 26.2 Å². The number of carbonyl (C=O) groups excluding carboxylic acids is 1. The van der Waals surface area contributed by atoms with Crippen LogP contribution in [0.1, 0.15) is 16.8 Å². The molecule has 0 aliphatic carbocycles. The van der Waals surface area contributed by atoms with Crippen molar-refractivity contribution in [2.24, 2.45) is 5.73 Å². The Balaban J connectivity index is 1.93. The van der Waals surface area contributed by atoms with E-state index in [1.807, 2.05) is 0 Å². The Labute approximate surface area is 137 Å². The van der Waals surface area contributed by atoms with Crippen LogP contribution >= 0.6 is 0 Å². The molecular formula is C16H18F2N4O2. The molecule has 8 heteroatoms. The number of nitrogens with two attached hydrogens (primary N) is 1. The first kappa shape index (κ1) is 16.5. The van der Waals surface area contributed by atoms with Crippen molar-refractivity contribution in [3.05, 3.63) is 41.6 Å². The zero-order valence-corrected chi connectivity index (χ0v) is 13.0. The van der Waals surface area contributed by atoms with Crippen molar-refractivity contribution in [2.45, 2.75) is 12.5 Å². The van der Waals surface area contributed by atoms with E-state index in [0.29, 0.717) is 32.7 Å². The van der Waals surface area contributed by atoms with Crippen LogP contribution in [0.4, 0.5) is 8.78 Å². The number of H-pyrrole nitrogens is 1. The quantitative estimate of drug-likeness (QED) is 0.891. The number of nitrogens with zero attached hydrogens (tertiary/aromatic N) is 2. The minimum atomic E-state index is -0.757. The summed E-state index contributed by atoms with van der Waals surface area (Å²) in [5.74, 6) is -1.87. The number of hydrogen-bond donors (Lipinski definition) is 2. The maximum atomic E-state index is 14.0. The number of rotatable bonds is 3. The van der Waals surface area contributed by atoms with Crippen molar-refractivity contribution in [2.75, 3.05) is 26.2 Å². The molecule has 1 saturated heterocycles. The Morgan fingerprint density at radius 3 is 2.88 bits per heavy atom. The average molecular weight is 336 g/mol. The monoisotopic (exact) mass is 336 g/mol. The molecule has 1 atom stereocenters. The first-order chi connectivity index (χ1) is 11.6. The second-order valence-electron chi connectivity index (χ2n) is 5.59. The molecule has 1 aromatic carbocycles. The first-order valence-electron chi connectivity index (χ1n) is 7.70. The third kappa shape index (κ3) is 3.15. The van der Waals surface area contributed by atoms with Gasteiger partial charge in [0.2, 0.25) is 0 Å². The van der Waals surface area contributed by atoms with Crippen LogP contribution in [0, 0.1) is 11.6 Å². The summed E-state index contributed by atoms with van der Waals surface area (Å²) >= 11 is 0. The van der Waals surface area contributed by atoms with Crippen LogP contribution < -0.4 is 5.73 Å². The maximum Gasteiger partial charge on any atom is 0.257 e. The molecule has 3 rings (SSSR count). The molecule has 2 heterocycles. The van der Waals surface area contributed by atoms with Gasteiger partial charge in [-0.1, -0.05) is 6.07 Å². The zero-order valence-electron chi connectivity index (χ0n) is 13.0. The number of hydrogen-bond acceptors (Lipinski definition) is 4. The number of aromatic amines is 1. The molecule has 6 nitrogen and oxygen atoms in total. The van der Waals surface area contributed by atoms with Gasteiger partial charge in [-0.3, -0.25) is 9.89 Å². The second-order valence-corrected chi connectivity index (χ2v) is 5.59. The molecule has 128 valence electrons. The normalized spacial score (nSPS) is 18.5. The minimum absolute atomic E-state index is 0.0325. The van der Waals surface area contributed by atoms with E-state index in [4.69, 9.17) is 10.5 Å². The number of benzene rings is 1. The molecule has 0 radical (unpaired) electrons. The molecule has 0 saturated carbocycles. The fraction of sp³-hybridized carbons (Fsp3) is 0.375. The number of carbonyl (C=O) groups is 1. The molecule has 1 fully saturated rings. The third-order valence-corrected chi connectivity index (χ3v) is 3.98. The van der Waals surface area contributed by atoms with Crippen LogP contribution in [0.15, 0.2) is 24.4 Å². The highest BCUT2D eigenvalue weighted by Gasteiger charge is 2.27. The maximum absolute atomic E-state index is 14.0. The first-order valence-corrected chi connectivity index (χ1v) is 7.70. The molecule has 1 unspecified atom stereocenters. The average Bonchev–Trinajstić information content (AvgIpc) is 2.91. The molecular weight excluding hydrogens is 318 g/mol. The summed E-state index contributed by atoms with van der Waals surface area (Å²) in [7, 11) is 0. The summed E-state index contributed by atoms with van der Waals surface area (Å²) in [6.45, 7) is 1.63. The van der Waals surface area contributed by atoms with E-state index in [0.717, 1.165) is 12.1 Å². The Bertz CT molecular complexity index is 714. The lowest BCUT2D eigenvalue weighted by atomic mass is 10.1.